The van der Waals surface area contributed by atoms with Gasteiger partial charge in [-0.25, -0.2) is 4.79 Å². The average molecular weight is 349 g/mol. The molecule has 0 bridgehead atoms. The van der Waals surface area contributed by atoms with Crippen molar-refractivity contribution >= 4 is 27.9 Å². The Morgan fingerprint density at radius 3 is 2.80 bits per heavy atom. The van der Waals surface area contributed by atoms with Gasteiger partial charge in [-0.05, 0) is 19.9 Å². The summed E-state index contributed by atoms with van der Waals surface area (Å²) in [6.07, 6.45) is 1.37. The molecule has 2 rings (SSSR count). The minimum absolute atomic E-state index is 0.174. The van der Waals surface area contributed by atoms with Gasteiger partial charge in [0.2, 0.25) is 5.91 Å². The number of ether oxygens (including phenoxy) is 2. The number of halogens is 1. The summed E-state index contributed by atoms with van der Waals surface area (Å²) in [4.78, 5) is 25.3. The number of alkyl halides is 1. The van der Waals surface area contributed by atoms with E-state index in [-0.39, 0.29) is 6.61 Å². The smallest absolute Gasteiger partial charge is 0.328 e. The van der Waals surface area contributed by atoms with Gasteiger partial charge >= 0.3 is 6.03 Å². The number of carbonyl (C=O) groups is 2. The topological polar surface area (TPSA) is 88.1 Å². The van der Waals surface area contributed by atoms with Crippen molar-refractivity contribution in [1.29, 1.82) is 0 Å². The van der Waals surface area contributed by atoms with Gasteiger partial charge in [0.1, 0.15) is 10.4 Å². The van der Waals surface area contributed by atoms with Crippen LogP contribution in [0.5, 0.6) is 0 Å². The molecule has 0 aromatic carbocycles. The fourth-order valence-corrected chi connectivity index (χ4v) is 2.61. The first-order valence-corrected chi connectivity index (χ1v) is 7.10. The van der Waals surface area contributed by atoms with Crippen LogP contribution in [0.1, 0.15) is 13.8 Å². The standard InChI is InChI=1S/C12H17BrN2O5/c1-3-19-10-12(2,13)9(17)14-11(18)15(10)8-5-4-7(6-16)20-8/h4-5,7-8,10,16H,3,6H2,1-2H3,(H,14,17,18)/t7-,8+,10+,12-/m0/s1. The molecule has 2 aliphatic heterocycles. The number of urea groups is 1. The van der Waals surface area contributed by atoms with E-state index in [9.17, 15) is 9.59 Å². The van der Waals surface area contributed by atoms with Crippen LogP contribution < -0.4 is 5.32 Å². The third kappa shape index (κ3) is 2.60. The van der Waals surface area contributed by atoms with Crippen LogP contribution in [0.25, 0.3) is 0 Å². The Bertz CT molecular complexity index is 440. The lowest BCUT2D eigenvalue weighted by Crippen LogP contribution is -2.69. The van der Waals surface area contributed by atoms with Gasteiger partial charge in [0.05, 0.1) is 6.61 Å². The summed E-state index contributed by atoms with van der Waals surface area (Å²) >= 11 is 3.31. The van der Waals surface area contributed by atoms with Crippen molar-refractivity contribution in [2.24, 2.45) is 0 Å². The van der Waals surface area contributed by atoms with Crippen LogP contribution in [0.4, 0.5) is 4.79 Å². The molecule has 2 N–H and O–H groups in total. The maximum atomic E-state index is 12.1. The summed E-state index contributed by atoms with van der Waals surface area (Å²) in [5, 5.41) is 11.3. The molecule has 0 aromatic rings. The third-order valence-electron chi connectivity index (χ3n) is 3.20. The number of nitrogens with zero attached hydrogens (tertiary/aromatic N) is 1. The predicted molar refractivity (Wildman–Crippen MR) is 73.0 cm³/mol. The van der Waals surface area contributed by atoms with Gasteiger partial charge in [0.15, 0.2) is 12.5 Å². The first-order valence-electron chi connectivity index (χ1n) is 6.30. The molecule has 2 aliphatic rings. The van der Waals surface area contributed by atoms with E-state index in [0.29, 0.717) is 6.61 Å². The van der Waals surface area contributed by atoms with Crippen LogP contribution in [0.15, 0.2) is 12.2 Å². The molecule has 0 saturated carbocycles. The van der Waals surface area contributed by atoms with E-state index < -0.39 is 34.8 Å². The largest absolute Gasteiger partial charge is 0.393 e. The minimum atomic E-state index is -1.08. The first-order chi connectivity index (χ1) is 9.41. The number of aliphatic hydroxyl groups is 1. The summed E-state index contributed by atoms with van der Waals surface area (Å²) in [5.74, 6) is -0.460. The molecule has 20 heavy (non-hydrogen) atoms. The highest BCUT2D eigenvalue weighted by atomic mass is 79.9. The maximum absolute atomic E-state index is 12.1. The van der Waals surface area contributed by atoms with E-state index in [0.717, 1.165) is 0 Å². The SMILES string of the molecule is CCO[C@H]1N([C@H]2C=C[C@@H](CO)O2)C(=O)NC(=O)[C@]1(C)Br. The number of nitrogens with one attached hydrogen (secondary N) is 1. The van der Waals surface area contributed by atoms with Crippen molar-refractivity contribution in [3.63, 3.8) is 0 Å². The zero-order valence-corrected chi connectivity index (χ0v) is 12.8. The zero-order chi connectivity index (χ0) is 14.9. The summed E-state index contributed by atoms with van der Waals surface area (Å²) in [6, 6.07) is -0.585. The minimum Gasteiger partial charge on any atom is -0.393 e. The van der Waals surface area contributed by atoms with Gasteiger partial charge in [-0.15, -0.1) is 0 Å². The van der Waals surface area contributed by atoms with Crippen molar-refractivity contribution in [2.75, 3.05) is 13.2 Å². The molecule has 1 saturated heterocycles. The molecule has 4 atom stereocenters. The Morgan fingerprint density at radius 1 is 1.55 bits per heavy atom. The molecule has 112 valence electrons. The van der Waals surface area contributed by atoms with E-state index in [1.807, 2.05) is 0 Å². The van der Waals surface area contributed by atoms with Crippen molar-refractivity contribution in [3.8, 4) is 0 Å². The van der Waals surface area contributed by atoms with Gasteiger partial charge in [-0.3, -0.25) is 15.0 Å². The van der Waals surface area contributed by atoms with Crippen LogP contribution in [0.2, 0.25) is 0 Å². The van der Waals surface area contributed by atoms with Gasteiger partial charge in [-0.2, -0.15) is 0 Å². The van der Waals surface area contributed by atoms with Crippen LogP contribution in [0.3, 0.4) is 0 Å². The molecule has 2 heterocycles. The Hall–Kier alpha value is -0.960. The number of hydrogen-bond donors (Lipinski definition) is 2. The number of carbonyl (C=O) groups excluding carboxylic acids is 2. The number of imide groups is 1. The van der Waals surface area contributed by atoms with Crippen molar-refractivity contribution in [1.82, 2.24) is 10.2 Å². The normalized spacial score (nSPS) is 37.4. The van der Waals surface area contributed by atoms with Crippen LogP contribution in [0, 0.1) is 0 Å². The molecule has 0 unspecified atom stereocenters. The molecular formula is C12H17BrN2O5. The predicted octanol–water partition coefficient (Wildman–Crippen LogP) is 0.328. The van der Waals surface area contributed by atoms with E-state index in [2.05, 4.69) is 21.2 Å². The van der Waals surface area contributed by atoms with Gasteiger partial charge in [0.25, 0.3) is 0 Å². The molecule has 7 nitrogen and oxygen atoms in total. The molecule has 1 fully saturated rings. The lowest BCUT2D eigenvalue weighted by atomic mass is 10.1. The van der Waals surface area contributed by atoms with Gasteiger partial charge in [0, 0.05) is 6.61 Å². The number of aliphatic hydroxyl groups excluding tert-OH is 1. The van der Waals surface area contributed by atoms with Crippen molar-refractivity contribution < 1.29 is 24.2 Å². The molecule has 0 spiro atoms. The number of rotatable bonds is 4. The summed E-state index contributed by atoms with van der Waals surface area (Å²) < 4.78 is 9.99. The fourth-order valence-electron chi connectivity index (χ4n) is 2.16. The summed E-state index contributed by atoms with van der Waals surface area (Å²) in [6.45, 7) is 3.57. The second-order valence-electron chi connectivity index (χ2n) is 4.68. The van der Waals surface area contributed by atoms with E-state index in [1.54, 1.807) is 26.0 Å². The Balaban J connectivity index is 2.26. The quantitative estimate of drug-likeness (QED) is 0.564. The molecule has 8 heteroatoms. The van der Waals surface area contributed by atoms with Gasteiger partial charge in [-0.1, -0.05) is 22.0 Å². The Kier molecular flexibility index (Phi) is 4.48. The molecule has 0 aromatic heterocycles. The van der Waals surface area contributed by atoms with Crippen LogP contribution in [-0.2, 0) is 14.3 Å². The lowest BCUT2D eigenvalue weighted by molar-refractivity contribution is -0.153. The summed E-state index contributed by atoms with van der Waals surface area (Å²) in [5.41, 5.74) is 0. The third-order valence-corrected chi connectivity index (χ3v) is 3.95. The molecule has 0 radical (unpaired) electrons. The molecule has 0 aliphatic carbocycles. The fraction of sp³-hybridized carbons (Fsp3) is 0.667. The zero-order valence-electron chi connectivity index (χ0n) is 11.2. The number of hydrogen-bond acceptors (Lipinski definition) is 5. The maximum Gasteiger partial charge on any atom is 0.328 e. The Morgan fingerprint density at radius 2 is 2.25 bits per heavy atom. The second kappa shape index (κ2) is 5.80. The molecule has 3 amide bonds. The second-order valence-corrected chi connectivity index (χ2v) is 6.33. The first kappa shape index (κ1) is 15.4. The van der Waals surface area contributed by atoms with Gasteiger partial charge < -0.3 is 14.6 Å². The van der Waals surface area contributed by atoms with E-state index in [4.69, 9.17) is 14.6 Å². The highest BCUT2D eigenvalue weighted by molar-refractivity contribution is 9.10. The highest BCUT2D eigenvalue weighted by Gasteiger charge is 2.52. The van der Waals surface area contributed by atoms with Crippen LogP contribution >= 0.6 is 15.9 Å². The number of amides is 3. The average Bonchev–Trinajstić information content (AvgIpc) is 2.85. The van der Waals surface area contributed by atoms with Crippen molar-refractivity contribution in [3.05, 3.63) is 12.2 Å². The van der Waals surface area contributed by atoms with E-state index >= 15 is 0 Å². The van der Waals surface area contributed by atoms with E-state index in [1.165, 1.54) is 4.90 Å². The molecular weight excluding hydrogens is 332 g/mol. The van der Waals surface area contributed by atoms with Crippen molar-refractivity contribution in [2.45, 2.75) is 36.7 Å². The van der Waals surface area contributed by atoms with Crippen LogP contribution in [-0.4, -0.2) is 58.0 Å². The Labute approximate surface area is 125 Å². The highest BCUT2D eigenvalue weighted by Crippen LogP contribution is 2.33. The lowest BCUT2D eigenvalue weighted by Gasteiger charge is -2.44. The monoisotopic (exact) mass is 348 g/mol. The summed E-state index contributed by atoms with van der Waals surface area (Å²) in [7, 11) is 0.